The van der Waals surface area contributed by atoms with Gasteiger partial charge in [0.1, 0.15) is 0 Å². The quantitative estimate of drug-likeness (QED) is 0.768. The van der Waals surface area contributed by atoms with E-state index < -0.39 is 0 Å². The van der Waals surface area contributed by atoms with Crippen molar-refractivity contribution < 1.29 is 9.53 Å². The van der Waals surface area contributed by atoms with E-state index in [-0.39, 0.29) is 5.97 Å². The van der Waals surface area contributed by atoms with Gasteiger partial charge in [-0.05, 0) is 43.4 Å². The molecule has 0 saturated carbocycles. The average molecular weight is 254 g/mol. The first kappa shape index (κ1) is 13.4. The Hall–Kier alpha value is -2.01. The maximum absolute atomic E-state index is 12.1. The van der Waals surface area contributed by atoms with Crippen molar-refractivity contribution in [2.24, 2.45) is 5.92 Å². The van der Waals surface area contributed by atoms with Gasteiger partial charge in [-0.1, -0.05) is 37.3 Å². The molecule has 0 heterocycles. The van der Waals surface area contributed by atoms with Gasteiger partial charge in [0.15, 0.2) is 0 Å². The van der Waals surface area contributed by atoms with Crippen LogP contribution in [0.1, 0.15) is 41.8 Å². The Morgan fingerprint density at radius 1 is 1.53 bits per heavy atom. The Balaban J connectivity index is 2.46. The highest BCUT2D eigenvalue weighted by Crippen LogP contribution is 2.29. The number of ether oxygens (including phenoxy) is 1. The molecular formula is C17H18O2. The molecule has 0 aliphatic heterocycles. The molecule has 0 amide bonds. The molecule has 1 aromatic rings. The monoisotopic (exact) mass is 254 g/mol. The molecule has 1 atom stereocenters. The molecule has 2 nitrogen and oxygen atoms in total. The lowest BCUT2D eigenvalue weighted by atomic mass is 9.88. The zero-order valence-electron chi connectivity index (χ0n) is 11.6. The minimum atomic E-state index is -0.275. The summed E-state index contributed by atoms with van der Waals surface area (Å²) in [6.45, 7) is 6.26. The Labute approximate surface area is 114 Å². The highest BCUT2D eigenvalue weighted by Gasteiger charge is 2.19. The third-order valence-corrected chi connectivity index (χ3v) is 3.21. The third-order valence-electron chi connectivity index (χ3n) is 3.21. The first-order chi connectivity index (χ1) is 9.13. The van der Waals surface area contributed by atoms with Crippen LogP contribution in [0.25, 0.3) is 5.57 Å². The van der Waals surface area contributed by atoms with Gasteiger partial charge in [-0.15, -0.1) is 0 Å². The fraction of sp³-hybridized carbons (Fsp3) is 0.353. The fourth-order valence-electron chi connectivity index (χ4n) is 2.29. The van der Waals surface area contributed by atoms with E-state index in [4.69, 9.17) is 4.74 Å². The third kappa shape index (κ3) is 2.88. The van der Waals surface area contributed by atoms with Crippen molar-refractivity contribution in [3.05, 3.63) is 53.1 Å². The molecule has 1 aliphatic rings. The van der Waals surface area contributed by atoms with Gasteiger partial charge < -0.3 is 4.74 Å². The van der Waals surface area contributed by atoms with E-state index in [9.17, 15) is 4.79 Å². The molecule has 0 spiro atoms. The van der Waals surface area contributed by atoms with Gasteiger partial charge >= 0.3 is 5.97 Å². The van der Waals surface area contributed by atoms with Crippen LogP contribution in [-0.4, -0.2) is 12.6 Å². The number of aryl methyl sites for hydroxylation is 1. The molecule has 0 radical (unpaired) electrons. The van der Waals surface area contributed by atoms with Crippen LogP contribution in [0.15, 0.2) is 24.3 Å². The Morgan fingerprint density at radius 3 is 3.00 bits per heavy atom. The summed E-state index contributed by atoms with van der Waals surface area (Å²) in [5.41, 5.74) is 3.46. The Morgan fingerprint density at radius 2 is 2.32 bits per heavy atom. The van der Waals surface area contributed by atoms with Gasteiger partial charge in [0.25, 0.3) is 0 Å². The predicted molar refractivity (Wildman–Crippen MR) is 75.7 cm³/mol. The van der Waals surface area contributed by atoms with E-state index in [1.54, 1.807) is 6.07 Å². The number of allylic oxidation sites excluding steroid dienone is 4. The predicted octanol–water partition coefficient (Wildman–Crippen LogP) is 3.75. The van der Waals surface area contributed by atoms with Crippen LogP contribution in [0.2, 0.25) is 0 Å². The second-order valence-electron chi connectivity index (χ2n) is 4.83. The zero-order chi connectivity index (χ0) is 13.8. The topological polar surface area (TPSA) is 26.3 Å². The largest absolute Gasteiger partial charge is 0.462 e. The maximum atomic E-state index is 12.1. The number of rotatable bonds is 3. The van der Waals surface area contributed by atoms with Gasteiger partial charge in [-0.3, -0.25) is 0 Å². The van der Waals surface area contributed by atoms with Gasteiger partial charge in [0.05, 0.1) is 12.2 Å². The summed E-state index contributed by atoms with van der Waals surface area (Å²) in [6.07, 6.45) is 7.15. The second-order valence-corrected chi connectivity index (χ2v) is 4.83. The summed E-state index contributed by atoms with van der Waals surface area (Å²) in [4.78, 5) is 12.1. The number of esters is 1. The molecule has 1 aromatic carbocycles. The molecule has 1 aliphatic carbocycles. The van der Waals surface area contributed by atoms with E-state index in [0.29, 0.717) is 18.1 Å². The molecular weight excluding hydrogens is 236 g/mol. The van der Waals surface area contributed by atoms with E-state index >= 15 is 0 Å². The molecule has 0 N–H and O–H groups in total. The van der Waals surface area contributed by atoms with Crippen molar-refractivity contribution >= 4 is 11.5 Å². The number of carbonyl (C=O) groups excluding carboxylic acids is 1. The highest BCUT2D eigenvalue weighted by atomic mass is 16.5. The van der Waals surface area contributed by atoms with Crippen LogP contribution in [0.4, 0.5) is 0 Å². The zero-order valence-corrected chi connectivity index (χ0v) is 11.6. The molecule has 0 saturated heterocycles. The molecule has 2 rings (SSSR count). The van der Waals surface area contributed by atoms with Crippen molar-refractivity contribution in [1.29, 1.82) is 0 Å². The van der Waals surface area contributed by atoms with Crippen LogP contribution < -0.4 is 0 Å². The van der Waals surface area contributed by atoms with Crippen LogP contribution >= 0.6 is 0 Å². The van der Waals surface area contributed by atoms with Crippen LogP contribution in [0.5, 0.6) is 0 Å². The lowest BCUT2D eigenvalue weighted by Crippen LogP contribution is -2.10. The SMILES string of the molecule is CCOC(=O)c1c(C2=CC=CC(C)C2)c#ccc1C. The minimum Gasteiger partial charge on any atom is -0.462 e. The lowest BCUT2D eigenvalue weighted by molar-refractivity contribution is 0.0525. The first-order valence-electron chi connectivity index (χ1n) is 6.61. The van der Waals surface area contributed by atoms with Gasteiger partial charge in [0.2, 0.25) is 0 Å². The number of carbonyl (C=O) groups is 1. The minimum absolute atomic E-state index is 0.275. The van der Waals surface area contributed by atoms with Crippen LogP contribution in [0, 0.1) is 25.0 Å². The summed E-state index contributed by atoms with van der Waals surface area (Å²) < 4.78 is 5.15. The smallest absolute Gasteiger partial charge is 0.339 e. The van der Waals surface area contributed by atoms with Crippen LogP contribution in [-0.2, 0) is 4.74 Å². The van der Waals surface area contributed by atoms with Gasteiger partial charge in [-0.25, -0.2) is 4.79 Å². The maximum Gasteiger partial charge on any atom is 0.339 e. The van der Waals surface area contributed by atoms with Crippen molar-refractivity contribution in [3.63, 3.8) is 0 Å². The molecule has 1 unspecified atom stereocenters. The molecule has 19 heavy (non-hydrogen) atoms. The Kier molecular flexibility index (Phi) is 4.06. The first-order valence-corrected chi connectivity index (χ1v) is 6.61. The summed E-state index contributed by atoms with van der Waals surface area (Å²) in [6, 6.07) is 7.84. The van der Waals surface area contributed by atoms with Crippen LogP contribution in [0.3, 0.4) is 0 Å². The summed E-state index contributed by atoms with van der Waals surface area (Å²) in [7, 11) is 0. The van der Waals surface area contributed by atoms with Crippen molar-refractivity contribution in [2.45, 2.75) is 27.2 Å². The molecule has 0 aromatic heterocycles. The summed E-state index contributed by atoms with van der Waals surface area (Å²) in [5, 5.41) is 0. The van der Waals surface area contributed by atoms with Crippen molar-refractivity contribution in [2.75, 3.05) is 6.61 Å². The van der Waals surface area contributed by atoms with Crippen molar-refractivity contribution in [3.8, 4) is 0 Å². The second kappa shape index (κ2) is 5.75. The molecule has 2 heteroatoms. The fourth-order valence-corrected chi connectivity index (χ4v) is 2.29. The molecule has 0 fully saturated rings. The van der Waals surface area contributed by atoms with E-state index in [0.717, 1.165) is 23.1 Å². The van der Waals surface area contributed by atoms with E-state index in [1.807, 2.05) is 26.0 Å². The number of hydrogen-bond acceptors (Lipinski definition) is 2. The normalized spacial score (nSPS) is 17.6. The van der Waals surface area contributed by atoms with E-state index in [1.165, 1.54) is 0 Å². The summed E-state index contributed by atoms with van der Waals surface area (Å²) >= 11 is 0. The van der Waals surface area contributed by atoms with E-state index in [2.05, 4.69) is 25.1 Å². The average Bonchev–Trinajstić information content (AvgIpc) is 2.38. The standard InChI is InChI=1S/C17H18O2/c1-4-19-17(18)16-13(3)8-6-10-15(16)14-9-5-7-12(2)11-14/h5,7-9,12H,4,11H2,1-3H3. The Bertz CT molecular complexity index is 538. The number of hydrogen-bond donors (Lipinski definition) is 0. The lowest BCUT2D eigenvalue weighted by Gasteiger charge is -2.16. The summed E-state index contributed by atoms with van der Waals surface area (Å²) in [5.74, 6) is 0.201. The van der Waals surface area contributed by atoms with Gasteiger partial charge in [-0.2, -0.15) is 0 Å². The molecule has 98 valence electrons. The highest BCUT2D eigenvalue weighted by molar-refractivity contribution is 5.96. The van der Waals surface area contributed by atoms with Crippen molar-refractivity contribution in [1.82, 2.24) is 0 Å². The van der Waals surface area contributed by atoms with Gasteiger partial charge in [0, 0.05) is 5.56 Å². The molecule has 0 bridgehead atoms.